The molecular formula is C18H27ClN2O2. The molecule has 0 bridgehead atoms. The van der Waals surface area contributed by atoms with E-state index in [1.807, 2.05) is 24.3 Å². The molecule has 1 saturated heterocycles. The third-order valence-corrected chi connectivity index (χ3v) is 4.75. The van der Waals surface area contributed by atoms with Crippen molar-refractivity contribution in [1.29, 1.82) is 0 Å². The first-order chi connectivity index (χ1) is 10.8. The molecule has 1 aromatic rings. The van der Waals surface area contributed by atoms with Crippen LogP contribution in [0.1, 0.15) is 44.1 Å². The smallest absolute Gasteiger partial charge is 0.230 e. The number of fused-ring (bicyclic) bond motifs is 1. The number of hydrogen-bond acceptors (Lipinski definition) is 3. The standard InChI is InChI=1S/C18H26N2O2.ClH/c1-2-12-20(14-7-10-19-11-8-14)18(21)16-9-13-22-17-6-4-3-5-15(16)17;/h3-6,14,16,19H,2,7-13H2,1H3;1H. The van der Waals surface area contributed by atoms with Gasteiger partial charge in [-0.1, -0.05) is 25.1 Å². The lowest BCUT2D eigenvalue weighted by Crippen LogP contribution is -2.48. The summed E-state index contributed by atoms with van der Waals surface area (Å²) in [5, 5.41) is 3.39. The zero-order valence-corrected chi connectivity index (χ0v) is 14.6. The fourth-order valence-electron chi connectivity index (χ4n) is 3.63. The Morgan fingerprint density at radius 3 is 2.74 bits per heavy atom. The molecule has 23 heavy (non-hydrogen) atoms. The van der Waals surface area contributed by atoms with Crippen molar-refractivity contribution in [2.24, 2.45) is 0 Å². The lowest BCUT2D eigenvalue weighted by Gasteiger charge is -2.38. The molecule has 1 N–H and O–H groups in total. The Labute approximate surface area is 145 Å². The molecule has 1 atom stereocenters. The van der Waals surface area contributed by atoms with Crippen LogP contribution in [0.15, 0.2) is 24.3 Å². The summed E-state index contributed by atoms with van der Waals surface area (Å²) in [6.07, 6.45) is 3.94. The molecule has 0 saturated carbocycles. The van der Waals surface area contributed by atoms with E-state index in [0.29, 0.717) is 18.6 Å². The summed E-state index contributed by atoms with van der Waals surface area (Å²) in [6, 6.07) is 8.39. The Hall–Kier alpha value is -1.26. The van der Waals surface area contributed by atoms with Crippen LogP contribution in [-0.2, 0) is 4.79 Å². The normalized spacial score (nSPS) is 20.8. The van der Waals surface area contributed by atoms with Gasteiger partial charge in [-0.25, -0.2) is 0 Å². The minimum atomic E-state index is -0.0358. The Morgan fingerprint density at radius 1 is 1.26 bits per heavy atom. The summed E-state index contributed by atoms with van der Waals surface area (Å²) in [7, 11) is 0. The minimum Gasteiger partial charge on any atom is -0.493 e. The number of carbonyl (C=O) groups is 1. The molecule has 0 spiro atoms. The molecule has 3 rings (SSSR count). The van der Waals surface area contributed by atoms with Crippen molar-refractivity contribution < 1.29 is 9.53 Å². The number of hydrogen-bond donors (Lipinski definition) is 1. The first-order valence-electron chi connectivity index (χ1n) is 8.54. The van der Waals surface area contributed by atoms with Crippen LogP contribution in [0.25, 0.3) is 0 Å². The van der Waals surface area contributed by atoms with E-state index in [2.05, 4.69) is 17.1 Å². The molecule has 2 aliphatic rings. The average molecular weight is 339 g/mol. The number of rotatable bonds is 4. The number of benzene rings is 1. The van der Waals surface area contributed by atoms with Crippen LogP contribution in [0, 0.1) is 0 Å². The van der Waals surface area contributed by atoms with Gasteiger partial charge in [-0.05, 0) is 44.8 Å². The Balaban J connectivity index is 0.00000192. The van der Waals surface area contributed by atoms with Crippen LogP contribution in [0.4, 0.5) is 0 Å². The van der Waals surface area contributed by atoms with Crippen molar-refractivity contribution in [2.45, 2.75) is 44.6 Å². The van der Waals surface area contributed by atoms with Gasteiger partial charge in [0.2, 0.25) is 5.91 Å². The molecule has 1 unspecified atom stereocenters. The zero-order chi connectivity index (χ0) is 15.4. The topological polar surface area (TPSA) is 41.6 Å². The second-order valence-electron chi connectivity index (χ2n) is 6.24. The fraction of sp³-hybridized carbons (Fsp3) is 0.611. The van der Waals surface area contributed by atoms with E-state index in [9.17, 15) is 4.79 Å². The molecule has 128 valence electrons. The maximum absolute atomic E-state index is 13.2. The number of carbonyl (C=O) groups excluding carboxylic acids is 1. The monoisotopic (exact) mass is 338 g/mol. The molecule has 2 aliphatic heterocycles. The molecule has 1 aromatic carbocycles. The summed E-state index contributed by atoms with van der Waals surface area (Å²) in [5.74, 6) is 1.14. The number of nitrogens with zero attached hydrogens (tertiary/aromatic N) is 1. The van der Waals surface area contributed by atoms with Gasteiger partial charge in [-0.3, -0.25) is 4.79 Å². The van der Waals surface area contributed by atoms with Crippen molar-refractivity contribution in [1.82, 2.24) is 10.2 Å². The minimum absolute atomic E-state index is 0. The van der Waals surface area contributed by atoms with Crippen LogP contribution in [-0.4, -0.2) is 43.1 Å². The van der Waals surface area contributed by atoms with Gasteiger partial charge in [0.05, 0.1) is 12.5 Å². The Kier molecular flexibility index (Phi) is 6.72. The molecule has 0 aromatic heterocycles. The lowest BCUT2D eigenvalue weighted by molar-refractivity contribution is -0.136. The number of ether oxygens (including phenoxy) is 1. The molecule has 1 fully saturated rings. The highest BCUT2D eigenvalue weighted by molar-refractivity contribution is 5.85. The van der Waals surface area contributed by atoms with Gasteiger partial charge < -0.3 is 15.0 Å². The largest absolute Gasteiger partial charge is 0.493 e. The molecule has 2 heterocycles. The van der Waals surface area contributed by atoms with E-state index in [4.69, 9.17) is 4.74 Å². The number of para-hydroxylation sites is 1. The van der Waals surface area contributed by atoms with E-state index in [-0.39, 0.29) is 18.3 Å². The maximum atomic E-state index is 13.2. The number of nitrogens with one attached hydrogen (secondary N) is 1. The summed E-state index contributed by atoms with van der Waals surface area (Å²) in [5.41, 5.74) is 1.06. The van der Waals surface area contributed by atoms with E-state index in [0.717, 1.165) is 56.6 Å². The van der Waals surface area contributed by atoms with Gasteiger partial charge >= 0.3 is 0 Å². The highest BCUT2D eigenvalue weighted by Crippen LogP contribution is 2.35. The predicted molar refractivity (Wildman–Crippen MR) is 94.4 cm³/mol. The summed E-state index contributed by atoms with van der Waals surface area (Å²) in [4.78, 5) is 15.3. The molecular weight excluding hydrogens is 312 g/mol. The lowest BCUT2D eigenvalue weighted by atomic mass is 9.90. The van der Waals surface area contributed by atoms with Gasteiger partial charge in [0.25, 0.3) is 0 Å². The quantitative estimate of drug-likeness (QED) is 0.917. The third-order valence-electron chi connectivity index (χ3n) is 4.75. The molecule has 0 radical (unpaired) electrons. The Bertz CT molecular complexity index is 517. The van der Waals surface area contributed by atoms with E-state index in [1.165, 1.54) is 0 Å². The van der Waals surface area contributed by atoms with Gasteiger partial charge in [-0.2, -0.15) is 0 Å². The van der Waals surface area contributed by atoms with Gasteiger partial charge in [-0.15, -0.1) is 12.4 Å². The van der Waals surface area contributed by atoms with Gasteiger partial charge in [0.1, 0.15) is 5.75 Å². The zero-order valence-electron chi connectivity index (χ0n) is 13.8. The molecule has 1 amide bonds. The fourth-order valence-corrected chi connectivity index (χ4v) is 3.63. The van der Waals surface area contributed by atoms with Crippen molar-refractivity contribution in [3.05, 3.63) is 29.8 Å². The summed E-state index contributed by atoms with van der Waals surface area (Å²) < 4.78 is 5.71. The average Bonchev–Trinajstić information content (AvgIpc) is 2.59. The number of amides is 1. The maximum Gasteiger partial charge on any atom is 0.230 e. The first-order valence-corrected chi connectivity index (χ1v) is 8.54. The summed E-state index contributed by atoms with van der Waals surface area (Å²) in [6.45, 7) is 5.69. The second-order valence-corrected chi connectivity index (χ2v) is 6.24. The predicted octanol–water partition coefficient (Wildman–Crippen LogP) is 2.97. The van der Waals surface area contributed by atoms with Crippen molar-refractivity contribution in [3.8, 4) is 5.75 Å². The van der Waals surface area contributed by atoms with E-state index in [1.54, 1.807) is 0 Å². The van der Waals surface area contributed by atoms with Crippen LogP contribution in [0.2, 0.25) is 0 Å². The van der Waals surface area contributed by atoms with Crippen molar-refractivity contribution >= 4 is 18.3 Å². The molecule has 0 aliphatic carbocycles. The molecule has 4 nitrogen and oxygen atoms in total. The summed E-state index contributed by atoms with van der Waals surface area (Å²) >= 11 is 0. The SMILES string of the molecule is CCCN(C(=O)C1CCOc2ccccc21)C1CCNCC1.Cl. The van der Waals surface area contributed by atoms with Crippen LogP contribution < -0.4 is 10.1 Å². The highest BCUT2D eigenvalue weighted by atomic mass is 35.5. The van der Waals surface area contributed by atoms with Crippen molar-refractivity contribution in [2.75, 3.05) is 26.2 Å². The second kappa shape index (κ2) is 8.55. The first kappa shape index (κ1) is 18.1. The van der Waals surface area contributed by atoms with Gasteiger partial charge in [0.15, 0.2) is 0 Å². The van der Waals surface area contributed by atoms with Crippen LogP contribution in [0.3, 0.4) is 0 Å². The van der Waals surface area contributed by atoms with E-state index >= 15 is 0 Å². The third kappa shape index (κ3) is 3.99. The van der Waals surface area contributed by atoms with Crippen LogP contribution >= 0.6 is 12.4 Å². The molecule has 5 heteroatoms. The number of halogens is 1. The van der Waals surface area contributed by atoms with Crippen molar-refractivity contribution in [3.63, 3.8) is 0 Å². The van der Waals surface area contributed by atoms with Gasteiger partial charge in [0, 0.05) is 18.2 Å². The van der Waals surface area contributed by atoms with E-state index < -0.39 is 0 Å². The Morgan fingerprint density at radius 2 is 2.00 bits per heavy atom. The number of piperidine rings is 1. The van der Waals surface area contributed by atoms with Crippen LogP contribution in [0.5, 0.6) is 5.75 Å². The highest BCUT2D eigenvalue weighted by Gasteiger charge is 2.33.